The third kappa shape index (κ3) is 2.02. The van der Waals surface area contributed by atoms with E-state index in [9.17, 15) is 0 Å². The van der Waals surface area contributed by atoms with Gasteiger partial charge in [-0.15, -0.1) is 0 Å². The van der Waals surface area contributed by atoms with Crippen LogP contribution in [-0.2, 0) is 6.42 Å². The maximum Gasteiger partial charge on any atom is 0.278 e. The van der Waals surface area contributed by atoms with Crippen molar-refractivity contribution in [3.05, 3.63) is 42.0 Å². The molecular weight excluding hydrogens is 248 g/mol. The largest absolute Gasteiger partial charge is 1.00 e. The van der Waals surface area contributed by atoms with Crippen molar-refractivity contribution in [1.82, 2.24) is 9.78 Å². The highest BCUT2D eigenvalue weighted by Gasteiger charge is 2.30. The van der Waals surface area contributed by atoms with Gasteiger partial charge in [0.1, 0.15) is 5.69 Å². The Balaban J connectivity index is 0.00000120. The average Bonchev–Trinajstić information content (AvgIpc) is 2.88. The number of aromatic nitrogens is 3. The molecule has 0 aliphatic carbocycles. The van der Waals surface area contributed by atoms with Gasteiger partial charge in [-0.3, -0.25) is 0 Å². The topological polar surface area (TPSA) is 47.7 Å². The number of nitrogens with two attached hydrogens (primary N) is 1. The van der Waals surface area contributed by atoms with Crippen molar-refractivity contribution in [3.63, 3.8) is 0 Å². The van der Waals surface area contributed by atoms with Crippen molar-refractivity contribution >= 4 is 0 Å². The predicted molar refractivity (Wildman–Crippen MR) is 64.9 cm³/mol. The van der Waals surface area contributed by atoms with Gasteiger partial charge in [-0.2, -0.15) is 0 Å². The molecule has 2 heterocycles. The monoisotopic (exact) mass is 264 g/mol. The lowest BCUT2D eigenvalue weighted by Crippen LogP contribution is -3.00. The quantitative estimate of drug-likeness (QED) is 0.633. The molecule has 96 valence electrons. The number of hydrogen-bond donors (Lipinski definition) is 1. The molecule has 0 radical (unpaired) electrons. The first-order valence-corrected chi connectivity index (χ1v) is 6.05. The lowest BCUT2D eigenvalue weighted by Gasteiger charge is -2.03. The maximum atomic E-state index is 5.77. The van der Waals surface area contributed by atoms with E-state index in [2.05, 4.69) is 35.0 Å². The summed E-state index contributed by atoms with van der Waals surface area (Å²) >= 11 is 0. The van der Waals surface area contributed by atoms with Gasteiger partial charge in [0.15, 0.2) is 0 Å². The molecule has 0 spiro atoms. The summed E-state index contributed by atoms with van der Waals surface area (Å²) in [6.07, 6.45) is 4.22. The van der Waals surface area contributed by atoms with Gasteiger partial charge < -0.3 is 18.1 Å². The minimum absolute atomic E-state index is 0. The fourth-order valence-corrected chi connectivity index (χ4v) is 2.47. The molecule has 4 nitrogen and oxygen atoms in total. The zero-order valence-corrected chi connectivity index (χ0v) is 11.1. The summed E-state index contributed by atoms with van der Waals surface area (Å²) in [4.78, 5) is 0. The van der Waals surface area contributed by atoms with Crippen LogP contribution in [0.2, 0.25) is 0 Å². The summed E-state index contributed by atoms with van der Waals surface area (Å²) in [6.45, 7) is 2.80. The van der Waals surface area contributed by atoms with Crippen LogP contribution in [-0.4, -0.2) is 16.3 Å². The van der Waals surface area contributed by atoms with Crippen molar-refractivity contribution in [3.8, 4) is 5.69 Å². The zero-order chi connectivity index (χ0) is 11.8. The van der Waals surface area contributed by atoms with Crippen molar-refractivity contribution < 1.29 is 17.0 Å². The number of aryl methyl sites for hydroxylation is 2. The molecule has 1 aliphatic heterocycles. The maximum absolute atomic E-state index is 5.77. The Kier molecular flexibility index (Phi) is 3.68. The van der Waals surface area contributed by atoms with Crippen LogP contribution < -0.4 is 22.7 Å². The molecule has 2 aromatic rings. The van der Waals surface area contributed by atoms with E-state index in [1.54, 1.807) is 0 Å². The highest BCUT2D eigenvalue weighted by molar-refractivity contribution is 5.38. The summed E-state index contributed by atoms with van der Waals surface area (Å²) in [5, 5.41) is 4.64. The SMILES string of the molecule is Cc1ccccc1-n1c[n+]2c(n1)CCC2CN.[Cl-]. The Labute approximate surface area is 113 Å². The van der Waals surface area contributed by atoms with Gasteiger partial charge in [-0.05, 0) is 25.0 Å². The number of nitrogens with zero attached hydrogens (tertiary/aromatic N) is 3. The van der Waals surface area contributed by atoms with E-state index in [1.165, 1.54) is 5.56 Å². The second kappa shape index (κ2) is 5.08. The Morgan fingerprint density at radius 1 is 1.44 bits per heavy atom. The molecule has 5 heteroatoms. The number of rotatable bonds is 2. The lowest BCUT2D eigenvalue weighted by molar-refractivity contribution is -0.714. The van der Waals surface area contributed by atoms with Crippen molar-refractivity contribution in [2.45, 2.75) is 25.8 Å². The fourth-order valence-electron chi connectivity index (χ4n) is 2.47. The molecule has 0 saturated heterocycles. The summed E-state index contributed by atoms with van der Waals surface area (Å²) < 4.78 is 4.18. The van der Waals surface area contributed by atoms with E-state index in [-0.39, 0.29) is 12.4 Å². The Morgan fingerprint density at radius 3 is 2.94 bits per heavy atom. The molecule has 3 rings (SSSR count). The third-order valence-corrected chi connectivity index (χ3v) is 3.48. The Bertz CT molecular complexity index is 550. The summed E-state index contributed by atoms with van der Waals surface area (Å²) in [7, 11) is 0. The lowest BCUT2D eigenvalue weighted by atomic mass is 10.2. The molecular formula is C13H17ClN4. The normalized spacial score (nSPS) is 17.3. The van der Waals surface area contributed by atoms with Gasteiger partial charge in [0.05, 0.1) is 6.04 Å². The van der Waals surface area contributed by atoms with E-state index in [1.807, 2.05) is 16.8 Å². The Hall–Kier alpha value is -1.39. The summed E-state index contributed by atoms with van der Waals surface area (Å²) in [5.74, 6) is 1.14. The second-order valence-corrected chi connectivity index (χ2v) is 4.60. The van der Waals surface area contributed by atoms with Crippen LogP contribution in [0.1, 0.15) is 23.9 Å². The van der Waals surface area contributed by atoms with Crippen LogP contribution >= 0.6 is 0 Å². The predicted octanol–water partition coefficient (Wildman–Crippen LogP) is -2.08. The first kappa shape index (κ1) is 13.1. The minimum Gasteiger partial charge on any atom is -1.00 e. The molecule has 1 aromatic carbocycles. The van der Waals surface area contributed by atoms with Gasteiger partial charge in [0.2, 0.25) is 6.33 Å². The molecule has 18 heavy (non-hydrogen) atoms. The van der Waals surface area contributed by atoms with E-state index >= 15 is 0 Å². The van der Waals surface area contributed by atoms with E-state index < -0.39 is 0 Å². The van der Waals surface area contributed by atoms with Crippen LogP contribution in [0.4, 0.5) is 0 Å². The third-order valence-electron chi connectivity index (χ3n) is 3.48. The van der Waals surface area contributed by atoms with Crippen LogP contribution in [0.3, 0.4) is 0 Å². The minimum atomic E-state index is 0. The molecule has 1 aliphatic rings. The highest BCUT2D eigenvalue weighted by Crippen LogP contribution is 2.17. The standard InChI is InChI=1S/C13H17N4.ClH/c1-10-4-2-3-5-12(10)17-9-16-11(8-14)6-7-13(16)15-17;/h2-5,9,11H,6-8,14H2,1H3;1H/q+1;/p-1. The van der Waals surface area contributed by atoms with E-state index in [0.717, 1.165) is 24.4 Å². The first-order valence-electron chi connectivity index (χ1n) is 6.05. The first-order chi connectivity index (χ1) is 8.29. The summed E-state index contributed by atoms with van der Waals surface area (Å²) in [6, 6.07) is 8.71. The Morgan fingerprint density at radius 2 is 2.22 bits per heavy atom. The van der Waals surface area contributed by atoms with Crippen LogP contribution in [0.15, 0.2) is 30.6 Å². The van der Waals surface area contributed by atoms with E-state index in [0.29, 0.717) is 12.6 Å². The van der Waals surface area contributed by atoms with Gasteiger partial charge in [0, 0.05) is 18.1 Å². The van der Waals surface area contributed by atoms with Crippen molar-refractivity contribution in [2.75, 3.05) is 6.54 Å². The van der Waals surface area contributed by atoms with Gasteiger partial charge >= 0.3 is 0 Å². The smallest absolute Gasteiger partial charge is 0.278 e. The fraction of sp³-hybridized carbons (Fsp3) is 0.385. The molecule has 0 fully saturated rings. The molecule has 1 unspecified atom stereocenters. The number of halogens is 1. The zero-order valence-electron chi connectivity index (χ0n) is 10.4. The van der Waals surface area contributed by atoms with Crippen molar-refractivity contribution in [1.29, 1.82) is 0 Å². The second-order valence-electron chi connectivity index (χ2n) is 4.60. The van der Waals surface area contributed by atoms with Crippen LogP contribution in [0.5, 0.6) is 0 Å². The molecule has 1 aromatic heterocycles. The molecule has 1 atom stereocenters. The number of hydrogen-bond acceptors (Lipinski definition) is 2. The van der Waals surface area contributed by atoms with Crippen molar-refractivity contribution in [2.24, 2.45) is 5.73 Å². The summed E-state index contributed by atoms with van der Waals surface area (Å²) in [5.41, 5.74) is 8.15. The van der Waals surface area contributed by atoms with Crippen LogP contribution in [0, 0.1) is 6.92 Å². The molecule has 0 bridgehead atoms. The number of benzene rings is 1. The molecule has 0 saturated carbocycles. The highest BCUT2D eigenvalue weighted by atomic mass is 35.5. The molecule has 2 N–H and O–H groups in total. The number of para-hydroxylation sites is 1. The number of fused-ring (bicyclic) bond motifs is 1. The van der Waals surface area contributed by atoms with Gasteiger partial charge in [-0.1, -0.05) is 22.9 Å². The average molecular weight is 265 g/mol. The molecule has 0 amide bonds. The van der Waals surface area contributed by atoms with Crippen LogP contribution in [0.25, 0.3) is 5.69 Å². The van der Waals surface area contributed by atoms with Gasteiger partial charge in [0.25, 0.3) is 5.82 Å². The van der Waals surface area contributed by atoms with E-state index in [4.69, 9.17) is 5.73 Å². The van der Waals surface area contributed by atoms with Gasteiger partial charge in [-0.25, -0.2) is 4.57 Å².